The number of ether oxygens (including phenoxy) is 1. The molecule has 3 aromatic rings. The van der Waals surface area contributed by atoms with Gasteiger partial charge in [0.25, 0.3) is 11.8 Å². The van der Waals surface area contributed by atoms with Crippen molar-refractivity contribution < 1.29 is 19.1 Å². The summed E-state index contributed by atoms with van der Waals surface area (Å²) >= 11 is 5.30. The van der Waals surface area contributed by atoms with Crippen LogP contribution in [0, 0.1) is 13.8 Å². The number of hydrogen-bond acceptors (Lipinski definition) is 5. The van der Waals surface area contributed by atoms with Gasteiger partial charge in [-0.25, -0.2) is 4.79 Å². The molecule has 0 aliphatic carbocycles. The molecule has 2 amide bonds. The van der Waals surface area contributed by atoms with Gasteiger partial charge in [-0.15, -0.1) is 0 Å². The second kappa shape index (κ2) is 9.68. The van der Waals surface area contributed by atoms with Gasteiger partial charge in [0.05, 0.1) is 24.0 Å². The quantitative estimate of drug-likeness (QED) is 0.252. The van der Waals surface area contributed by atoms with Gasteiger partial charge in [0, 0.05) is 11.4 Å². The number of rotatable bonds is 5. The first-order valence-corrected chi connectivity index (χ1v) is 11.5. The maximum Gasteiger partial charge on any atom is 0.339 e. The van der Waals surface area contributed by atoms with Gasteiger partial charge in [-0.2, -0.15) is 0 Å². The minimum Gasteiger partial charge on any atom is -0.465 e. The van der Waals surface area contributed by atoms with Gasteiger partial charge in [-0.3, -0.25) is 19.8 Å². The van der Waals surface area contributed by atoms with Crippen molar-refractivity contribution in [3.8, 4) is 5.69 Å². The van der Waals surface area contributed by atoms with Gasteiger partial charge in [-0.05, 0) is 80.0 Å². The molecule has 1 saturated heterocycles. The number of anilines is 1. The van der Waals surface area contributed by atoms with Crippen molar-refractivity contribution in [2.24, 2.45) is 0 Å². The minimum atomic E-state index is -0.554. The summed E-state index contributed by atoms with van der Waals surface area (Å²) in [5.41, 5.74) is 5.02. The van der Waals surface area contributed by atoms with E-state index < -0.39 is 17.8 Å². The molecule has 1 aromatic heterocycles. The summed E-state index contributed by atoms with van der Waals surface area (Å²) in [5.74, 6) is -1.50. The Morgan fingerprint density at radius 2 is 1.77 bits per heavy atom. The van der Waals surface area contributed by atoms with Crippen LogP contribution < -0.4 is 10.2 Å². The van der Waals surface area contributed by atoms with E-state index in [1.54, 1.807) is 18.2 Å². The first kappa shape index (κ1) is 24.1. The average Bonchev–Trinajstić information content (AvgIpc) is 3.13. The smallest absolute Gasteiger partial charge is 0.339 e. The number of esters is 1. The number of aromatic nitrogens is 1. The monoisotopic (exact) mass is 487 g/mol. The van der Waals surface area contributed by atoms with Crippen LogP contribution in [0.3, 0.4) is 0 Å². The van der Waals surface area contributed by atoms with E-state index in [4.69, 9.17) is 17.0 Å². The molecule has 1 N–H and O–H groups in total. The van der Waals surface area contributed by atoms with Crippen LogP contribution in [0.2, 0.25) is 0 Å². The van der Waals surface area contributed by atoms with Crippen molar-refractivity contribution >= 4 is 46.9 Å². The second-order valence-corrected chi connectivity index (χ2v) is 8.54. The molecule has 4 rings (SSSR count). The molecule has 0 saturated carbocycles. The van der Waals surface area contributed by atoms with Gasteiger partial charge in [0.15, 0.2) is 5.11 Å². The Morgan fingerprint density at radius 1 is 1.09 bits per heavy atom. The van der Waals surface area contributed by atoms with Crippen LogP contribution in [-0.2, 0) is 20.7 Å². The summed E-state index contributed by atoms with van der Waals surface area (Å²) < 4.78 is 6.83. The molecule has 0 atom stereocenters. The number of nitrogens with one attached hydrogen (secondary N) is 1. The summed E-state index contributed by atoms with van der Waals surface area (Å²) in [6.07, 6.45) is 2.43. The summed E-state index contributed by atoms with van der Waals surface area (Å²) in [4.78, 5) is 39.8. The van der Waals surface area contributed by atoms with Crippen LogP contribution in [-0.4, -0.2) is 34.6 Å². The largest absolute Gasteiger partial charge is 0.465 e. The number of methoxy groups -OCH3 is 1. The maximum atomic E-state index is 13.4. The van der Waals surface area contributed by atoms with Gasteiger partial charge in [-0.1, -0.05) is 31.2 Å². The molecule has 0 spiro atoms. The van der Waals surface area contributed by atoms with E-state index >= 15 is 0 Å². The zero-order valence-corrected chi connectivity index (χ0v) is 20.7. The highest BCUT2D eigenvalue weighted by Gasteiger charge is 2.34. The number of aryl methyl sites for hydroxylation is 2. The molecule has 1 fully saturated rings. The van der Waals surface area contributed by atoms with Gasteiger partial charge >= 0.3 is 5.97 Å². The fraction of sp³-hybridized carbons (Fsp3) is 0.185. The molecule has 35 heavy (non-hydrogen) atoms. The Balaban J connectivity index is 1.77. The van der Waals surface area contributed by atoms with Crippen molar-refractivity contribution in [2.75, 3.05) is 12.0 Å². The molecule has 7 nitrogen and oxygen atoms in total. The summed E-state index contributed by atoms with van der Waals surface area (Å²) in [6, 6.07) is 16.5. The number of amides is 2. The van der Waals surface area contributed by atoms with E-state index in [1.807, 2.05) is 67.8 Å². The number of carbonyl (C=O) groups is 3. The lowest BCUT2D eigenvalue weighted by Crippen LogP contribution is -2.54. The molecular formula is C27H25N3O4S. The van der Waals surface area contributed by atoms with E-state index in [0.717, 1.165) is 23.4 Å². The molecule has 0 unspecified atom stereocenters. The maximum absolute atomic E-state index is 13.4. The molecule has 1 aliphatic heterocycles. The van der Waals surface area contributed by atoms with Crippen molar-refractivity contribution in [1.82, 2.24) is 9.88 Å². The lowest BCUT2D eigenvalue weighted by molar-refractivity contribution is -0.122. The molecule has 0 bridgehead atoms. The first-order chi connectivity index (χ1) is 16.8. The van der Waals surface area contributed by atoms with Gasteiger partial charge < -0.3 is 9.30 Å². The topological polar surface area (TPSA) is 80.6 Å². The average molecular weight is 488 g/mol. The van der Waals surface area contributed by atoms with E-state index in [1.165, 1.54) is 12.0 Å². The lowest BCUT2D eigenvalue weighted by atomic mass is 10.1. The van der Waals surface area contributed by atoms with E-state index in [-0.39, 0.29) is 10.7 Å². The SMILES string of the molecule is CCc1ccc(N2C(=O)/C(=C/c3cc(C)n(-c4ccccc4C(=O)OC)c3C)C(=O)NC2=S)cc1. The van der Waals surface area contributed by atoms with E-state index in [9.17, 15) is 14.4 Å². The highest BCUT2D eigenvalue weighted by atomic mass is 32.1. The first-order valence-electron chi connectivity index (χ1n) is 11.1. The highest BCUT2D eigenvalue weighted by molar-refractivity contribution is 7.80. The third-order valence-electron chi connectivity index (χ3n) is 6.02. The van der Waals surface area contributed by atoms with Crippen LogP contribution in [0.15, 0.2) is 60.2 Å². The van der Waals surface area contributed by atoms with Crippen LogP contribution in [0.1, 0.15) is 39.8 Å². The van der Waals surface area contributed by atoms with Crippen molar-refractivity contribution in [2.45, 2.75) is 27.2 Å². The van der Waals surface area contributed by atoms with Crippen LogP contribution >= 0.6 is 12.2 Å². The standard InChI is InChI=1S/C27H25N3O4S/c1-5-18-10-12-20(13-11-18)30-25(32)22(24(31)28-27(30)35)15-19-14-16(2)29(17(19)3)23-9-7-6-8-21(23)26(33)34-4/h6-15H,5H2,1-4H3,(H,28,31,35)/b22-15+. The number of para-hydroxylation sites is 1. The Bertz CT molecular complexity index is 1390. The Hall–Kier alpha value is -4.04. The number of nitrogens with zero attached hydrogens (tertiary/aromatic N) is 2. The predicted molar refractivity (Wildman–Crippen MR) is 139 cm³/mol. The zero-order chi connectivity index (χ0) is 25.3. The normalized spacial score (nSPS) is 14.9. The Kier molecular flexibility index (Phi) is 6.66. The molecule has 0 radical (unpaired) electrons. The summed E-state index contributed by atoms with van der Waals surface area (Å²) in [7, 11) is 1.34. The van der Waals surface area contributed by atoms with E-state index in [2.05, 4.69) is 5.32 Å². The van der Waals surface area contributed by atoms with E-state index in [0.29, 0.717) is 22.5 Å². The third kappa shape index (κ3) is 4.40. The summed E-state index contributed by atoms with van der Waals surface area (Å²) in [6.45, 7) is 5.81. The Morgan fingerprint density at radius 3 is 2.43 bits per heavy atom. The fourth-order valence-electron chi connectivity index (χ4n) is 4.18. The number of benzene rings is 2. The zero-order valence-electron chi connectivity index (χ0n) is 19.9. The molecule has 178 valence electrons. The van der Waals surface area contributed by atoms with Crippen molar-refractivity contribution in [3.63, 3.8) is 0 Å². The van der Waals surface area contributed by atoms with Crippen LogP contribution in [0.4, 0.5) is 5.69 Å². The molecule has 2 heterocycles. The van der Waals surface area contributed by atoms with Gasteiger partial charge in [0.1, 0.15) is 5.57 Å². The summed E-state index contributed by atoms with van der Waals surface area (Å²) in [5, 5.41) is 2.66. The van der Waals surface area contributed by atoms with Crippen molar-refractivity contribution in [3.05, 3.63) is 88.2 Å². The Labute approximate surface area is 209 Å². The van der Waals surface area contributed by atoms with Crippen LogP contribution in [0.25, 0.3) is 11.8 Å². The minimum absolute atomic E-state index is 0.0281. The second-order valence-electron chi connectivity index (χ2n) is 8.15. The number of carbonyl (C=O) groups excluding carboxylic acids is 3. The molecule has 1 aliphatic rings. The van der Waals surface area contributed by atoms with Crippen LogP contribution in [0.5, 0.6) is 0 Å². The number of hydrogen-bond donors (Lipinski definition) is 1. The third-order valence-corrected chi connectivity index (χ3v) is 6.31. The van der Waals surface area contributed by atoms with Crippen molar-refractivity contribution in [1.29, 1.82) is 0 Å². The lowest BCUT2D eigenvalue weighted by Gasteiger charge is -2.29. The molecule has 2 aromatic carbocycles. The predicted octanol–water partition coefficient (Wildman–Crippen LogP) is 4.27. The fourth-order valence-corrected chi connectivity index (χ4v) is 4.46. The highest BCUT2D eigenvalue weighted by Crippen LogP contribution is 2.28. The molecular weight excluding hydrogens is 462 g/mol. The number of thiocarbonyl (C=S) groups is 1. The molecule has 8 heteroatoms. The van der Waals surface area contributed by atoms with Gasteiger partial charge in [0.2, 0.25) is 0 Å².